The third kappa shape index (κ3) is 5.07. The average molecular weight is 164 g/mol. The fourth-order valence-electron chi connectivity index (χ4n) is 1.01. The first-order valence-corrected chi connectivity index (χ1v) is 4.56. The van der Waals surface area contributed by atoms with Gasteiger partial charge in [-0.2, -0.15) is 0 Å². The van der Waals surface area contributed by atoms with Gasteiger partial charge in [0.15, 0.2) is 0 Å². The van der Waals surface area contributed by atoms with Gasteiger partial charge < -0.3 is 5.32 Å². The average Bonchev–Trinajstić information content (AvgIpc) is 1.86. The van der Waals surface area contributed by atoms with Crippen LogP contribution in [0.25, 0.3) is 0 Å². The van der Waals surface area contributed by atoms with Gasteiger partial charge in [0, 0.05) is 18.0 Å². The van der Waals surface area contributed by atoms with E-state index in [1.54, 1.807) is 0 Å². The smallest absolute Gasteiger partial charge is 0.0238 e. The van der Waals surface area contributed by atoms with Crippen molar-refractivity contribution in [1.29, 1.82) is 0 Å². The second-order valence-electron chi connectivity index (χ2n) is 2.90. The molecule has 0 aromatic carbocycles. The zero-order chi connectivity index (χ0) is 7.98. The zero-order valence-corrected chi connectivity index (χ0v) is 7.91. The third-order valence-electron chi connectivity index (χ3n) is 1.52. The first-order chi connectivity index (χ1) is 4.70. The van der Waals surface area contributed by atoms with Crippen LogP contribution in [0.3, 0.4) is 0 Å². The van der Waals surface area contributed by atoms with Crippen molar-refractivity contribution in [2.75, 3.05) is 5.88 Å². The molecule has 0 aliphatic rings. The van der Waals surface area contributed by atoms with Gasteiger partial charge in [0.05, 0.1) is 0 Å². The first-order valence-electron chi connectivity index (χ1n) is 4.02. The molecule has 2 heteroatoms. The van der Waals surface area contributed by atoms with Crippen LogP contribution in [0.15, 0.2) is 0 Å². The van der Waals surface area contributed by atoms with Gasteiger partial charge in [-0.1, -0.05) is 20.8 Å². The maximum Gasteiger partial charge on any atom is 0.0238 e. The minimum Gasteiger partial charge on any atom is -0.312 e. The normalized spacial score (nSPS) is 14.1. The highest BCUT2D eigenvalue weighted by molar-refractivity contribution is 6.17. The molecule has 0 aliphatic carbocycles. The molecule has 1 N–H and O–H groups in total. The molecule has 0 aromatic heterocycles. The highest BCUT2D eigenvalue weighted by atomic mass is 35.5. The summed E-state index contributed by atoms with van der Waals surface area (Å²) in [6.45, 7) is 6.51. The molecule has 62 valence electrons. The monoisotopic (exact) mass is 163 g/mol. The van der Waals surface area contributed by atoms with E-state index in [1.165, 1.54) is 6.42 Å². The zero-order valence-electron chi connectivity index (χ0n) is 7.15. The fourth-order valence-corrected chi connectivity index (χ4v) is 1.27. The van der Waals surface area contributed by atoms with Crippen molar-refractivity contribution in [2.45, 2.75) is 45.7 Å². The van der Waals surface area contributed by atoms with Gasteiger partial charge in [0.25, 0.3) is 0 Å². The standard InChI is InChI=1S/C8H18ClN/c1-4-8(5-6-9)10-7(2)3/h7-8,10H,4-6H2,1-3H3. The molecule has 0 saturated heterocycles. The molecular formula is C8H18ClN. The molecular weight excluding hydrogens is 146 g/mol. The number of alkyl halides is 1. The Bertz CT molecular complexity index is 73.7. The minimum atomic E-state index is 0.577. The van der Waals surface area contributed by atoms with Crippen LogP contribution in [0.4, 0.5) is 0 Å². The summed E-state index contributed by atoms with van der Waals surface area (Å²) in [6.07, 6.45) is 2.25. The highest BCUT2D eigenvalue weighted by Crippen LogP contribution is 2.00. The maximum absolute atomic E-state index is 5.62. The molecule has 1 nitrogen and oxygen atoms in total. The van der Waals surface area contributed by atoms with E-state index in [2.05, 4.69) is 26.1 Å². The first kappa shape index (κ1) is 10.2. The van der Waals surface area contributed by atoms with Crippen molar-refractivity contribution in [2.24, 2.45) is 0 Å². The van der Waals surface area contributed by atoms with Crippen LogP contribution in [0, 0.1) is 0 Å². The van der Waals surface area contributed by atoms with E-state index in [4.69, 9.17) is 11.6 Å². The van der Waals surface area contributed by atoms with Crippen LogP contribution in [0.2, 0.25) is 0 Å². The number of halogens is 1. The molecule has 0 bridgehead atoms. The maximum atomic E-state index is 5.62. The third-order valence-corrected chi connectivity index (χ3v) is 1.74. The summed E-state index contributed by atoms with van der Waals surface area (Å²) < 4.78 is 0. The van der Waals surface area contributed by atoms with Gasteiger partial charge in [0.1, 0.15) is 0 Å². The Labute approximate surface area is 69.1 Å². The van der Waals surface area contributed by atoms with E-state index < -0.39 is 0 Å². The summed E-state index contributed by atoms with van der Waals surface area (Å²) in [4.78, 5) is 0. The lowest BCUT2D eigenvalue weighted by atomic mass is 10.1. The van der Waals surface area contributed by atoms with E-state index >= 15 is 0 Å². The summed E-state index contributed by atoms with van der Waals surface area (Å²) in [5, 5.41) is 3.45. The topological polar surface area (TPSA) is 12.0 Å². The van der Waals surface area contributed by atoms with Gasteiger partial charge in [-0.15, -0.1) is 11.6 Å². The Morgan fingerprint density at radius 3 is 2.30 bits per heavy atom. The second-order valence-corrected chi connectivity index (χ2v) is 3.28. The summed E-state index contributed by atoms with van der Waals surface area (Å²) in [5.41, 5.74) is 0. The predicted molar refractivity (Wildman–Crippen MR) is 47.7 cm³/mol. The van der Waals surface area contributed by atoms with Crippen LogP contribution in [0.1, 0.15) is 33.6 Å². The molecule has 10 heavy (non-hydrogen) atoms. The summed E-state index contributed by atoms with van der Waals surface area (Å²) in [5.74, 6) is 0.762. The van der Waals surface area contributed by atoms with Crippen molar-refractivity contribution < 1.29 is 0 Å². The molecule has 0 rings (SSSR count). The van der Waals surface area contributed by atoms with E-state index in [-0.39, 0.29) is 0 Å². The van der Waals surface area contributed by atoms with E-state index in [0.29, 0.717) is 12.1 Å². The Morgan fingerprint density at radius 2 is 2.00 bits per heavy atom. The van der Waals surface area contributed by atoms with Crippen molar-refractivity contribution in [3.05, 3.63) is 0 Å². The van der Waals surface area contributed by atoms with Crippen LogP contribution in [-0.4, -0.2) is 18.0 Å². The van der Waals surface area contributed by atoms with Crippen LogP contribution in [-0.2, 0) is 0 Å². The van der Waals surface area contributed by atoms with Crippen molar-refractivity contribution in [1.82, 2.24) is 5.32 Å². The number of hydrogen-bond acceptors (Lipinski definition) is 1. The summed E-state index contributed by atoms with van der Waals surface area (Å²) in [6, 6.07) is 1.19. The van der Waals surface area contributed by atoms with Gasteiger partial charge >= 0.3 is 0 Å². The molecule has 1 atom stereocenters. The predicted octanol–water partition coefficient (Wildman–Crippen LogP) is 2.39. The summed E-state index contributed by atoms with van der Waals surface area (Å²) >= 11 is 5.62. The molecule has 0 radical (unpaired) electrons. The van der Waals surface area contributed by atoms with Gasteiger partial charge in [-0.3, -0.25) is 0 Å². The number of hydrogen-bond donors (Lipinski definition) is 1. The molecule has 0 aromatic rings. The lowest BCUT2D eigenvalue weighted by Gasteiger charge is -2.18. The second kappa shape index (κ2) is 5.99. The van der Waals surface area contributed by atoms with E-state index in [1.807, 2.05) is 0 Å². The minimum absolute atomic E-state index is 0.577. The fraction of sp³-hybridized carbons (Fsp3) is 1.00. The van der Waals surface area contributed by atoms with E-state index in [9.17, 15) is 0 Å². The van der Waals surface area contributed by atoms with Crippen LogP contribution in [0.5, 0.6) is 0 Å². The molecule has 1 unspecified atom stereocenters. The molecule has 0 saturated carbocycles. The van der Waals surface area contributed by atoms with Gasteiger partial charge in [-0.05, 0) is 12.8 Å². The molecule has 0 amide bonds. The Morgan fingerprint density at radius 1 is 1.40 bits per heavy atom. The molecule has 0 aliphatic heterocycles. The van der Waals surface area contributed by atoms with E-state index in [0.717, 1.165) is 12.3 Å². The van der Waals surface area contributed by atoms with Crippen molar-refractivity contribution >= 4 is 11.6 Å². The molecule has 0 spiro atoms. The van der Waals surface area contributed by atoms with Gasteiger partial charge in [0.2, 0.25) is 0 Å². The van der Waals surface area contributed by atoms with Crippen molar-refractivity contribution in [3.8, 4) is 0 Å². The Kier molecular flexibility index (Phi) is 6.14. The molecule has 0 fully saturated rings. The Balaban J connectivity index is 3.39. The highest BCUT2D eigenvalue weighted by Gasteiger charge is 2.04. The SMILES string of the molecule is CCC(CCCl)NC(C)C. The molecule has 0 heterocycles. The number of rotatable bonds is 5. The number of nitrogens with one attached hydrogen (secondary N) is 1. The van der Waals surface area contributed by atoms with Crippen LogP contribution >= 0.6 is 11.6 Å². The quantitative estimate of drug-likeness (QED) is 0.614. The lowest BCUT2D eigenvalue weighted by Crippen LogP contribution is -2.34. The van der Waals surface area contributed by atoms with Gasteiger partial charge in [-0.25, -0.2) is 0 Å². The summed E-state index contributed by atoms with van der Waals surface area (Å²) in [7, 11) is 0. The largest absolute Gasteiger partial charge is 0.312 e. The van der Waals surface area contributed by atoms with Crippen molar-refractivity contribution in [3.63, 3.8) is 0 Å². The lowest BCUT2D eigenvalue weighted by molar-refractivity contribution is 0.443. The van der Waals surface area contributed by atoms with Crippen LogP contribution < -0.4 is 5.32 Å². The Hall–Kier alpha value is 0.250.